The van der Waals surface area contributed by atoms with Gasteiger partial charge in [0.15, 0.2) is 5.82 Å². The number of rotatable bonds is 6. The molecule has 0 spiro atoms. The number of thioether (sulfide) groups is 1. The molecule has 0 unspecified atom stereocenters. The van der Waals surface area contributed by atoms with Gasteiger partial charge >= 0.3 is 6.03 Å². The first-order valence-corrected chi connectivity index (χ1v) is 7.88. The van der Waals surface area contributed by atoms with Crippen molar-refractivity contribution in [3.8, 4) is 11.4 Å². The van der Waals surface area contributed by atoms with Crippen LogP contribution in [0.25, 0.3) is 11.4 Å². The highest BCUT2D eigenvalue weighted by Gasteiger charge is 2.11. The highest BCUT2D eigenvalue weighted by Crippen LogP contribution is 2.19. The molecule has 0 aliphatic carbocycles. The van der Waals surface area contributed by atoms with Crippen LogP contribution in [0.3, 0.4) is 0 Å². The molecule has 3 N–H and O–H groups in total. The smallest absolute Gasteiger partial charge is 0.321 e. The number of H-pyrrole nitrogens is 1. The average molecular weight is 331 g/mol. The second-order valence-corrected chi connectivity index (χ2v) is 5.61. The molecular formula is C15H17N5O2S. The van der Waals surface area contributed by atoms with E-state index >= 15 is 0 Å². The highest BCUT2D eigenvalue weighted by atomic mass is 32.2. The van der Waals surface area contributed by atoms with Gasteiger partial charge in [0.25, 0.3) is 0 Å². The first-order valence-electron chi connectivity index (χ1n) is 6.89. The number of aromatic nitrogens is 3. The Bertz CT molecular complexity index is 696. The molecule has 0 atom stereocenters. The van der Waals surface area contributed by atoms with E-state index < -0.39 is 11.9 Å². The van der Waals surface area contributed by atoms with Gasteiger partial charge < -0.3 is 5.32 Å². The van der Waals surface area contributed by atoms with E-state index in [4.69, 9.17) is 0 Å². The Morgan fingerprint density at radius 1 is 1.35 bits per heavy atom. The molecular weight excluding hydrogens is 314 g/mol. The van der Waals surface area contributed by atoms with Crippen LogP contribution in [-0.2, 0) is 4.79 Å². The zero-order valence-corrected chi connectivity index (χ0v) is 13.4. The molecule has 7 nitrogen and oxygen atoms in total. The summed E-state index contributed by atoms with van der Waals surface area (Å²) in [6, 6.07) is 7.31. The Kier molecular flexibility index (Phi) is 5.93. The van der Waals surface area contributed by atoms with E-state index in [0.29, 0.717) is 17.5 Å². The molecule has 2 aromatic rings. The van der Waals surface area contributed by atoms with Crippen molar-refractivity contribution >= 4 is 23.7 Å². The van der Waals surface area contributed by atoms with Crippen LogP contribution in [0.1, 0.15) is 5.56 Å². The van der Waals surface area contributed by atoms with Crippen LogP contribution in [0.5, 0.6) is 0 Å². The highest BCUT2D eigenvalue weighted by molar-refractivity contribution is 7.99. The fourth-order valence-electron chi connectivity index (χ4n) is 1.65. The van der Waals surface area contributed by atoms with Crippen LogP contribution in [0.4, 0.5) is 4.79 Å². The van der Waals surface area contributed by atoms with Crippen molar-refractivity contribution in [2.24, 2.45) is 0 Å². The van der Waals surface area contributed by atoms with E-state index in [2.05, 4.69) is 32.4 Å². The Labute approximate surface area is 138 Å². The summed E-state index contributed by atoms with van der Waals surface area (Å²) in [5, 5.41) is 12.0. The first kappa shape index (κ1) is 16.8. The van der Waals surface area contributed by atoms with Crippen molar-refractivity contribution in [2.75, 3.05) is 12.3 Å². The molecule has 8 heteroatoms. The maximum Gasteiger partial charge on any atom is 0.321 e. The number of benzene rings is 1. The summed E-state index contributed by atoms with van der Waals surface area (Å²) in [6.45, 7) is 5.78. The van der Waals surface area contributed by atoms with Crippen molar-refractivity contribution in [1.82, 2.24) is 25.8 Å². The van der Waals surface area contributed by atoms with Crippen molar-refractivity contribution in [2.45, 2.75) is 12.1 Å². The molecule has 0 aliphatic rings. The van der Waals surface area contributed by atoms with E-state index in [1.54, 1.807) is 0 Å². The summed E-state index contributed by atoms with van der Waals surface area (Å²) >= 11 is 1.15. The van der Waals surface area contributed by atoms with Gasteiger partial charge in [0.2, 0.25) is 11.1 Å². The summed E-state index contributed by atoms with van der Waals surface area (Å²) in [7, 11) is 0. The van der Waals surface area contributed by atoms with Gasteiger partial charge in [0, 0.05) is 12.1 Å². The summed E-state index contributed by atoms with van der Waals surface area (Å²) in [5.74, 6) is 0.266. The van der Waals surface area contributed by atoms with Gasteiger partial charge in [-0.15, -0.1) is 11.7 Å². The normalized spacial score (nSPS) is 10.1. The van der Waals surface area contributed by atoms with E-state index in [0.717, 1.165) is 22.9 Å². The molecule has 0 saturated heterocycles. The minimum atomic E-state index is -0.550. The lowest BCUT2D eigenvalue weighted by molar-refractivity contribution is -0.117. The van der Waals surface area contributed by atoms with Gasteiger partial charge in [-0.2, -0.15) is 0 Å². The largest absolute Gasteiger partial charge is 0.334 e. The number of carbonyl (C=O) groups is 2. The van der Waals surface area contributed by atoms with Gasteiger partial charge in [-0.3, -0.25) is 15.2 Å². The maximum atomic E-state index is 11.6. The van der Waals surface area contributed by atoms with Gasteiger partial charge in [-0.25, -0.2) is 9.78 Å². The molecule has 120 valence electrons. The fourth-order valence-corrected chi connectivity index (χ4v) is 2.25. The molecule has 1 aromatic heterocycles. The Morgan fingerprint density at radius 3 is 2.78 bits per heavy atom. The van der Waals surface area contributed by atoms with Gasteiger partial charge in [-0.1, -0.05) is 47.7 Å². The lowest BCUT2D eigenvalue weighted by Crippen LogP contribution is -2.40. The molecule has 1 heterocycles. The molecule has 0 fully saturated rings. The Hall–Kier alpha value is -2.61. The van der Waals surface area contributed by atoms with Crippen molar-refractivity contribution in [3.63, 3.8) is 0 Å². The number of hydrogen-bond donors (Lipinski definition) is 3. The van der Waals surface area contributed by atoms with Crippen LogP contribution in [0, 0.1) is 6.92 Å². The molecule has 0 aliphatic heterocycles. The number of imide groups is 1. The zero-order valence-electron chi connectivity index (χ0n) is 12.6. The molecule has 0 saturated carbocycles. The van der Waals surface area contributed by atoms with Crippen molar-refractivity contribution in [1.29, 1.82) is 0 Å². The number of nitrogens with one attached hydrogen (secondary N) is 3. The predicted molar refractivity (Wildman–Crippen MR) is 89.0 cm³/mol. The van der Waals surface area contributed by atoms with Gasteiger partial charge in [0.05, 0.1) is 5.75 Å². The summed E-state index contributed by atoms with van der Waals surface area (Å²) in [4.78, 5) is 27.2. The maximum absolute atomic E-state index is 11.6. The van der Waals surface area contributed by atoms with Crippen LogP contribution >= 0.6 is 11.8 Å². The number of urea groups is 1. The Morgan fingerprint density at radius 2 is 2.09 bits per heavy atom. The van der Waals surface area contributed by atoms with Crippen LogP contribution < -0.4 is 10.6 Å². The summed E-state index contributed by atoms with van der Waals surface area (Å²) < 4.78 is 0. The van der Waals surface area contributed by atoms with Gasteiger partial charge in [-0.05, 0) is 6.92 Å². The predicted octanol–water partition coefficient (Wildman–Crippen LogP) is 1.88. The zero-order chi connectivity index (χ0) is 16.7. The summed E-state index contributed by atoms with van der Waals surface area (Å²) in [6.07, 6.45) is 1.53. The second-order valence-electron chi connectivity index (χ2n) is 4.67. The minimum absolute atomic E-state index is 0.0483. The van der Waals surface area contributed by atoms with Crippen LogP contribution in [0.15, 0.2) is 42.1 Å². The molecule has 2 rings (SSSR count). The number of carbonyl (C=O) groups excluding carboxylic acids is 2. The minimum Gasteiger partial charge on any atom is -0.334 e. The third kappa shape index (κ3) is 5.26. The number of hydrogen-bond acceptors (Lipinski definition) is 5. The van der Waals surface area contributed by atoms with Gasteiger partial charge in [0.1, 0.15) is 0 Å². The monoisotopic (exact) mass is 331 g/mol. The SMILES string of the molecule is C=CCNC(=O)NC(=O)CSc1n[nH]c(-c2ccc(C)cc2)n1. The molecule has 0 radical (unpaired) electrons. The standard InChI is InChI=1S/C15H17N5O2S/c1-3-8-16-14(22)17-12(21)9-23-15-18-13(19-20-15)11-6-4-10(2)5-7-11/h3-7H,1,8-9H2,2H3,(H,18,19,20)(H2,16,17,21,22). The van der Waals surface area contributed by atoms with Crippen molar-refractivity contribution in [3.05, 3.63) is 42.5 Å². The van der Waals surface area contributed by atoms with E-state index in [-0.39, 0.29) is 5.75 Å². The molecule has 23 heavy (non-hydrogen) atoms. The first-order chi connectivity index (χ1) is 11.1. The lowest BCUT2D eigenvalue weighted by atomic mass is 10.1. The quantitative estimate of drug-likeness (QED) is 0.554. The lowest BCUT2D eigenvalue weighted by Gasteiger charge is -2.03. The summed E-state index contributed by atoms with van der Waals surface area (Å²) in [5.41, 5.74) is 2.08. The fraction of sp³-hybridized carbons (Fsp3) is 0.200. The third-order valence-corrected chi connectivity index (χ3v) is 3.63. The van der Waals surface area contributed by atoms with Crippen molar-refractivity contribution < 1.29 is 9.59 Å². The van der Waals surface area contributed by atoms with Crippen LogP contribution in [0.2, 0.25) is 0 Å². The number of aromatic amines is 1. The van der Waals surface area contributed by atoms with E-state index in [9.17, 15) is 9.59 Å². The van der Waals surface area contributed by atoms with E-state index in [1.165, 1.54) is 6.08 Å². The topological polar surface area (TPSA) is 99.8 Å². The van der Waals surface area contributed by atoms with Crippen LogP contribution in [-0.4, -0.2) is 39.4 Å². The average Bonchev–Trinajstić information content (AvgIpc) is 3.00. The molecule has 1 aromatic carbocycles. The molecule has 3 amide bonds. The van der Waals surface area contributed by atoms with E-state index in [1.807, 2.05) is 31.2 Å². The number of nitrogens with zero attached hydrogens (tertiary/aromatic N) is 2. The molecule has 0 bridgehead atoms. The number of amides is 3. The second kappa shape index (κ2) is 8.14. The number of aryl methyl sites for hydroxylation is 1. The third-order valence-electron chi connectivity index (χ3n) is 2.78. The Balaban J connectivity index is 1.85.